The molecule has 0 unspecified atom stereocenters. The number of aryl methyl sites for hydroxylation is 1. The molecule has 2 amide bonds. The Labute approximate surface area is 202 Å². The van der Waals surface area contributed by atoms with Crippen molar-refractivity contribution in [2.45, 2.75) is 26.9 Å². The molecule has 2 fully saturated rings. The fourth-order valence-electron chi connectivity index (χ4n) is 5.31. The van der Waals surface area contributed by atoms with Crippen molar-refractivity contribution < 1.29 is 24.0 Å². The number of ether oxygens (including phenoxy) is 2. The van der Waals surface area contributed by atoms with E-state index >= 15 is 0 Å². The number of carbonyl (C=O) groups is 2. The number of fused-ring (bicyclic) bond motifs is 5. The van der Waals surface area contributed by atoms with Gasteiger partial charge >= 0.3 is 5.69 Å². The molecule has 5 rings (SSSR count). The summed E-state index contributed by atoms with van der Waals surface area (Å²) in [7, 11) is 0. The van der Waals surface area contributed by atoms with Gasteiger partial charge in [0.15, 0.2) is 5.75 Å². The van der Waals surface area contributed by atoms with Crippen LogP contribution in [0.15, 0.2) is 53.7 Å². The van der Waals surface area contributed by atoms with Gasteiger partial charge < -0.3 is 9.47 Å². The average molecular weight is 476 g/mol. The Hall–Kier alpha value is -4.01. The van der Waals surface area contributed by atoms with E-state index in [0.717, 1.165) is 22.6 Å². The van der Waals surface area contributed by atoms with E-state index in [-0.39, 0.29) is 65.9 Å². The molecule has 3 aliphatic rings. The molecule has 0 aromatic heterocycles. The normalized spacial score (nSPS) is 24.5. The van der Waals surface area contributed by atoms with E-state index in [9.17, 15) is 19.7 Å². The van der Waals surface area contributed by atoms with Gasteiger partial charge in [-0.3, -0.25) is 19.7 Å². The minimum atomic E-state index is -0.550. The van der Waals surface area contributed by atoms with Gasteiger partial charge in [0.1, 0.15) is 6.61 Å². The number of carbonyl (C=O) groups excluding carboxylic acids is 2. The molecule has 0 spiro atoms. The van der Waals surface area contributed by atoms with Crippen molar-refractivity contribution in [3.05, 3.63) is 75.4 Å². The molecular formula is C26H25N3O6. The summed E-state index contributed by atoms with van der Waals surface area (Å²) in [5.74, 6) is -0.985. The summed E-state index contributed by atoms with van der Waals surface area (Å²) >= 11 is 0. The Morgan fingerprint density at radius 2 is 1.83 bits per heavy atom. The Kier molecular flexibility index (Phi) is 5.84. The van der Waals surface area contributed by atoms with Crippen LogP contribution in [-0.4, -0.2) is 34.6 Å². The highest BCUT2D eigenvalue weighted by Crippen LogP contribution is 2.52. The molecule has 9 heteroatoms. The van der Waals surface area contributed by atoms with Crippen LogP contribution in [0.1, 0.15) is 30.0 Å². The number of amides is 2. The summed E-state index contributed by atoms with van der Waals surface area (Å²) in [6.07, 6.45) is 6.14. The molecular weight excluding hydrogens is 450 g/mol. The van der Waals surface area contributed by atoms with Crippen LogP contribution in [0.4, 0.5) is 5.69 Å². The topological polar surface area (TPSA) is 111 Å². The second-order valence-electron chi connectivity index (χ2n) is 9.07. The monoisotopic (exact) mass is 475 g/mol. The van der Waals surface area contributed by atoms with Crippen LogP contribution in [0.2, 0.25) is 0 Å². The van der Waals surface area contributed by atoms with E-state index in [1.165, 1.54) is 12.3 Å². The first kappa shape index (κ1) is 22.8. The van der Waals surface area contributed by atoms with E-state index in [4.69, 9.17) is 9.47 Å². The first-order valence-electron chi connectivity index (χ1n) is 11.6. The van der Waals surface area contributed by atoms with Gasteiger partial charge in [-0.15, -0.1) is 0 Å². The third-order valence-corrected chi connectivity index (χ3v) is 6.79. The highest BCUT2D eigenvalue weighted by Gasteiger charge is 2.59. The number of hydrogen-bond donors (Lipinski definition) is 0. The fourth-order valence-corrected chi connectivity index (χ4v) is 5.31. The number of rotatable bonds is 8. The molecule has 2 aromatic carbocycles. The van der Waals surface area contributed by atoms with Crippen LogP contribution in [0.25, 0.3) is 0 Å². The maximum atomic E-state index is 12.9. The predicted octanol–water partition coefficient (Wildman–Crippen LogP) is 4.02. The zero-order valence-corrected chi connectivity index (χ0v) is 19.4. The molecule has 35 heavy (non-hydrogen) atoms. The van der Waals surface area contributed by atoms with Crippen molar-refractivity contribution in [1.82, 2.24) is 5.01 Å². The number of nitrogens with zero attached hydrogens (tertiary/aromatic N) is 3. The number of benzene rings is 2. The smallest absolute Gasteiger partial charge is 0.315 e. The lowest BCUT2D eigenvalue weighted by Gasteiger charge is -2.14. The summed E-state index contributed by atoms with van der Waals surface area (Å²) in [4.78, 5) is 37.0. The summed E-state index contributed by atoms with van der Waals surface area (Å²) < 4.78 is 11.5. The summed E-state index contributed by atoms with van der Waals surface area (Å²) in [5.41, 5.74) is 1.95. The highest BCUT2D eigenvalue weighted by molar-refractivity contribution is 6.06. The van der Waals surface area contributed by atoms with Crippen molar-refractivity contribution in [2.75, 3.05) is 6.61 Å². The first-order valence-corrected chi connectivity index (χ1v) is 11.6. The zero-order chi connectivity index (χ0) is 24.7. The lowest BCUT2D eigenvalue weighted by atomic mass is 9.85. The van der Waals surface area contributed by atoms with Gasteiger partial charge in [0.05, 0.1) is 29.6 Å². The Morgan fingerprint density at radius 1 is 1.11 bits per heavy atom. The Morgan fingerprint density at radius 3 is 2.46 bits per heavy atom. The van der Waals surface area contributed by atoms with E-state index in [1.807, 2.05) is 43.3 Å². The van der Waals surface area contributed by atoms with E-state index < -0.39 is 4.92 Å². The van der Waals surface area contributed by atoms with Crippen LogP contribution in [0, 0.1) is 40.7 Å². The van der Waals surface area contributed by atoms with Crippen molar-refractivity contribution in [3.8, 4) is 11.5 Å². The van der Waals surface area contributed by atoms with Gasteiger partial charge in [0.2, 0.25) is 5.75 Å². The van der Waals surface area contributed by atoms with Crippen molar-refractivity contribution >= 4 is 23.7 Å². The second kappa shape index (κ2) is 8.98. The lowest BCUT2D eigenvalue weighted by molar-refractivity contribution is -0.386. The molecule has 1 aliphatic heterocycles. The average Bonchev–Trinajstić information content (AvgIpc) is 3.51. The van der Waals surface area contributed by atoms with Crippen LogP contribution < -0.4 is 9.47 Å². The molecule has 2 aromatic rings. The van der Waals surface area contributed by atoms with Gasteiger partial charge in [0, 0.05) is 11.6 Å². The molecule has 2 aliphatic carbocycles. The third kappa shape index (κ3) is 4.07. The SMILES string of the molecule is CCOc1cc(C=NN2C(=O)[C@@H]3[C@H](C2=O)[C@H]2C=C[C@H]3C2)cc([N+](=O)[O-])c1OCc1cccc(C)c1. The predicted molar refractivity (Wildman–Crippen MR) is 127 cm³/mol. The van der Waals surface area contributed by atoms with Crippen molar-refractivity contribution in [1.29, 1.82) is 0 Å². The van der Waals surface area contributed by atoms with Crippen LogP contribution in [0.5, 0.6) is 11.5 Å². The lowest BCUT2D eigenvalue weighted by Crippen LogP contribution is -2.28. The van der Waals surface area contributed by atoms with E-state index in [2.05, 4.69) is 5.10 Å². The number of nitro groups is 1. The standard InChI is InChI=1S/C26H25N3O6/c1-3-34-21-11-17(10-20(29(32)33)24(21)35-14-16-6-4-5-15(2)9-16)13-27-28-25(30)22-18-7-8-19(12-18)23(22)26(28)31/h4-11,13,18-19,22-23H,3,12,14H2,1-2H3/t18-,19-,22-,23+/m0/s1. The molecule has 0 N–H and O–H groups in total. The van der Waals surface area contributed by atoms with Gasteiger partial charge in [0.25, 0.3) is 11.8 Å². The van der Waals surface area contributed by atoms with Crippen molar-refractivity contribution in [3.63, 3.8) is 0 Å². The van der Waals surface area contributed by atoms with Crippen molar-refractivity contribution in [2.24, 2.45) is 28.8 Å². The van der Waals surface area contributed by atoms with Crippen LogP contribution in [0.3, 0.4) is 0 Å². The minimum Gasteiger partial charge on any atom is -0.490 e. The number of nitro benzene ring substituents is 1. The quantitative estimate of drug-likeness (QED) is 0.187. The first-order chi connectivity index (χ1) is 16.9. The summed E-state index contributed by atoms with van der Waals surface area (Å²) in [6.45, 7) is 4.11. The molecule has 1 saturated heterocycles. The molecule has 1 saturated carbocycles. The van der Waals surface area contributed by atoms with Crippen LogP contribution in [-0.2, 0) is 16.2 Å². The number of hydrogen-bond acceptors (Lipinski definition) is 7. The summed E-state index contributed by atoms with van der Waals surface area (Å²) in [5, 5.41) is 16.9. The summed E-state index contributed by atoms with van der Waals surface area (Å²) in [6, 6.07) is 10.5. The largest absolute Gasteiger partial charge is 0.490 e. The Balaban J connectivity index is 1.41. The zero-order valence-electron chi connectivity index (χ0n) is 19.4. The number of imide groups is 1. The third-order valence-electron chi connectivity index (χ3n) is 6.79. The Bertz CT molecular complexity index is 1240. The van der Waals surface area contributed by atoms with Gasteiger partial charge in [-0.25, -0.2) is 0 Å². The molecule has 1 heterocycles. The molecule has 180 valence electrons. The maximum absolute atomic E-state index is 12.9. The second-order valence-corrected chi connectivity index (χ2v) is 9.07. The molecule has 2 bridgehead atoms. The maximum Gasteiger partial charge on any atom is 0.315 e. The minimum absolute atomic E-state index is 0.0148. The van der Waals surface area contributed by atoms with E-state index in [1.54, 1.807) is 13.0 Å². The number of allylic oxidation sites excluding steroid dienone is 2. The highest BCUT2D eigenvalue weighted by atomic mass is 16.6. The van der Waals surface area contributed by atoms with Gasteiger partial charge in [-0.2, -0.15) is 10.1 Å². The van der Waals surface area contributed by atoms with Gasteiger partial charge in [-0.05, 0) is 43.7 Å². The molecule has 0 radical (unpaired) electrons. The molecule has 9 nitrogen and oxygen atoms in total. The fraction of sp³-hybridized carbons (Fsp3) is 0.346. The van der Waals surface area contributed by atoms with Gasteiger partial charge in [-0.1, -0.05) is 42.0 Å². The van der Waals surface area contributed by atoms with E-state index in [0.29, 0.717) is 5.56 Å². The molecule has 4 atom stereocenters. The number of hydrazone groups is 1. The van der Waals surface area contributed by atoms with Crippen LogP contribution >= 0.6 is 0 Å².